The molecular weight excluding hydrogens is 312 g/mol. The van der Waals surface area contributed by atoms with Crippen LogP contribution in [0.1, 0.15) is 22.9 Å². The Labute approximate surface area is 99.6 Å². The first-order chi connectivity index (χ1) is 6.56. The average Bonchev–Trinajstić information content (AvgIpc) is 2.17. The quantitative estimate of drug-likeness (QED) is 0.867. The van der Waals surface area contributed by atoms with Crippen molar-refractivity contribution in [3.05, 3.63) is 29.3 Å². The summed E-state index contributed by atoms with van der Waals surface area (Å²) in [6.07, 6.45) is 0. The number of aromatic hydroxyl groups is 1. The Morgan fingerprint density at radius 3 is 2.71 bits per heavy atom. The van der Waals surface area contributed by atoms with Gasteiger partial charge in [-0.2, -0.15) is 0 Å². The van der Waals surface area contributed by atoms with E-state index in [0.29, 0.717) is 5.33 Å². The van der Waals surface area contributed by atoms with E-state index in [1.165, 1.54) is 6.92 Å². The number of hydrogen-bond donors (Lipinski definition) is 1. The second-order valence-electron chi connectivity index (χ2n) is 2.99. The predicted octanol–water partition coefficient (Wildman–Crippen LogP) is 3.31. The Kier molecular flexibility index (Phi) is 4.13. The van der Waals surface area contributed by atoms with Crippen LogP contribution in [0.2, 0.25) is 0 Å². The number of carbonyl (C=O) groups is 1. The van der Waals surface area contributed by atoms with Crippen molar-refractivity contribution >= 4 is 37.6 Å². The van der Waals surface area contributed by atoms with E-state index in [9.17, 15) is 9.90 Å². The highest BCUT2D eigenvalue weighted by Gasteiger charge is 2.13. The minimum atomic E-state index is -0.291. The maximum Gasteiger partial charge on any atom is 0.147 e. The molecular formula is C10H10Br2O2. The first-order valence-corrected chi connectivity index (χ1v) is 6.12. The minimum absolute atomic E-state index is 0.0520. The van der Waals surface area contributed by atoms with Crippen LogP contribution in [0.5, 0.6) is 5.75 Å². The van der Waals surface area contributed by atoms with Gasteiger partial charge in [-0.05, 0) is 24.6 Å². The van der Waals surface area contributed by atoms with Gasteiger partial charge in [0, 0.05) is 10.9 Å². The number of alkyl halides is 2. The number of phenolic OH excluding ortho intramolecular Hbond substituents is 1. The third-order valence-electron chi connectivity index (χ3n) is 1.90. The molecule has 0 aromatic heterocycles. The van der Waals surface area contributed by atoms with Crippen LogP contribution in [0, 0.1) is 0 Å². The fourth-order valence-corrected chi connectivity index (χ4v) is 1.84. The third-order valence-corrected chi connectivity index (χ3v) is 3.67. The predicted molar refractivity (Wildman–Crippen MR) is 63.1 cm³/mol. The molecule has 1 aromatic carbocycles. The Morgan fingerprint density at radius 1 is 1.57 bits per heavy atom. The molecule has 0 aliphatic heterocycles. The van der Waals surface area contributed by atoms with Gasteiger partial charge in [0.25, 0.3) is 0 Å². The summed E-state index contributed by atoms with van der Waals surface area (Å²) in [4.78, 5) is 10.8. The summed E-state index contributed by atoms with van der Waals surface area (Å²) in [5, 5.41) is 10.00. The minimum Gasteiger partial charge on any atom is -0.508 e. The van der Waals surface area contributed by atoms with Gasteiger partial charge >= 0.3 is 0 Å². The van der Waals surface area contributed by atoms with Crippen molar-refractivity contribution in [2.24, 2.45) is 0 Å². The number of rotatable bonds is 3. The van der Waals surface area contributed by atoms with Gasteiger partial charge in [0.05, 0.1) is 4.83 Å². The van der Waals surface area contributed by atoms with Gasteiger partial charge in [-0.3, -0.25) is 4.79 Å². The van der Waals surface area contributed by atoms with Crippen LogP contribution in [0.15, 0.2) is 18.2 Å². The smallest absolute Gasteiger partial charge is 0.147 e. The lowest BCUT2D eigenvalue weighted by Crippen LogP contribution is -2.01. The number of hydrogen-bond acceptors (Lipinski definition) is 2. The molecule has 14 heavy (non-hydrogen) atoms. The van der Waals surface area contributed by atoms with E-state index in [0.717, 1.165) is 11.1 Å². The van der Waals surface area contributed by atoms with Crippen molar-refractivity contribution in [2.45, 2.75) is 17.1 Å². The Bertz CT molecular complexity index is 350. The zero-order valence-corrected chi connectivity index (χ0v) is 10.8. The van der Waals surface area contributed by atoms with E-state index in [1.54, 1.807) is 12.1 Å². The molecule has 4 heteroatoms. The maximum atomic E-state index is 11.1. The molecule has 0 saturated heterocycles. The van der Waals surface area contributed by atoms with Crippen molar-refractivity contribution in [1.29, 1.82) is 0 Å². The molecule has 1 N–H and O–H groups in total. The monoisotopic (exact) mass is 320 g/mol. The second-order valence-corrected chi connectivity index (χ2v) is 4.47. The van der Waals surface area contributed by atoms with E-state index < -0.39 is 0 Å². The Morgan fingerprint density at radius 2 is 2.21 bits per heavy atom. The Hall–Kier alpha value is -0.350. The molecule has 1 rings (SSSR count). The first-order valence-electron chi connectivity index (χ1n) is 4.08. The summed E-state index contributed by atoms with van der Waals surface area (Å²) >= 11 is 6.56. The number of benzene rings is 1. The van der Waals surface area contributed by atoms with Gasteiger partial charge in [0.1, 0.15) is 11.5 Å². The summed E-state index contributed by atoms with van der Waals surface area (Å²) in [5.74, 6) is 0.296. The lowest BCUT2D eigenvalue weighted by atomic mass is 10.1. The molecule has 1 aromatic rings. The number of ketones is 1. The highest BCUT2D eigenvalue weighted by Crippen LogP contribution is 2.29. The molecule has 1 unspecified atom stereocenters. The molecule has 0 aliphatic carbocycles. The van der Waals surface area contributed by atoms with Gasteiger partial charge in [-0.15, -0.1) is 0 Å². The van der Waals surface area contributed by atoms with Crippen LogP contribution in [-0.2, 0) is 10.1 Å². The van der Waals surface area contributed by atoms with E-state index >= 15 is 0 Å². The molecule has 0 radical (unpaired) electrons. The van der Waals surface area contributed by atoms with Crippen molar-refractivity contribution < 1.29 is 9.90 Å². The highest BCUT2D eigenvalue weighted by atomic mass is 79.9. The molecule has 0 heterocycles. The number of Topliss-reactive ketones (excluding diaryl/α,β-unsaturated/α-hetero) is 1. The summed E-state index contributed by atoms with van der Waals surface area (Å²) in [7, 11) is 0. The summed E-state index contributed by atoms with van der Waals surface area (Å²) in [6, 6.07) is 5.15. The molecule has 2 nitrogen and oxygen atoms in total. The molecule has 0 amide bonds. The van der Waals surface area contributed by atoms with Crippen LogP contribution in [0.4, 0.5) is 0 Å². The zero-order valence-electron chi connectivity index (χ0n) is 7.63. The number of halogens is 2. The van der Waals surface area contributed by atoms with Crippen LogP contribution < -0.4 is 0 Å². The molecule has 76 valence electrons. The second kappa shape index (κ2) is 4.94. The largest absolute Gasteiger partial charge is 0.508 e. The topological polar surface area (TPSA) is 37.3 Å². The molecule has 1 atom stereocenters. The standard InChI is InChI=1S/C10H10Br2O2/c1-6(13)10(12)7-2-3-9(14)8(4-7)5-11/h2-4,10,14H,5H2,1H3. The number of carbonyl (C=O) groups excluding carboxylic acids is 1. The van der Waals surface area contributed by atoms with Gasteiger partial charge in [0.2, 0.25) is 0 Å². The Balaban J connectivity index is 3.06. The normalized spacial score (nSPS) is 12.5. The van der Waals surface area contributed by atoms with E-state index in [1.807, 2.05) is 6.07 Å². The SMILES string of the molecule is CC(=O)C(Br)c1ccc(O)c(CBr)c1. The number of phenols is 1. The van der Waals surface area contributed by atoms with Crippen LogP contribution in [0.25, 0.3) is 0 Å². The highest BCUT2D eigenvalue weighted by molar-refractivity contribution is 9.09. The van der Waals surface area contributed by atoms with Crippen molar-refractivity contribution in [3.8, 4) is 5.75 Å². The fourth-order valence-electron chi connectivity index (χ4n) is 1.10. The maximum absolute atomic E-state index is 11.1. The van der Waals surface area contributed by atoms with E-state index in [-0.39, 0.29) is 16.4 Å². The van der Waals surface area contributed by atoms with Crippen molar-refractivity contribution in [3.63, 3.8) is 0 Å². The summed E-state index contributed by atoms with van der Waals surface area (Å²) in [6.45, 7) is 1.53. The zero-order chi connectivity index (χ0) is 10.7. The molecule has 0 fully saturated rings. The third kappa shape index (κ3) is 2.58. The van der Waals surface area contributed by atoms with Crippen LogP contribution >= 0.6 is 31.9 Å². The fraction of sp³-hybridized carbons (Fsp3) is 0.300. The average molecular weight is 322 g/mol. The summed E-state index contributed by atoms with van der Waals surface area (Å²) in [5.41, 5.74) is 1.65. The molecule has 0 bridgehead atoms. The van der Waals surface area contributed by atoms with E-state index in [2.05, 4.69) is 31.9 Å². The first kappa shape index (κ1) is 11.7. The van der Waals surface area contributed by atoms with Crippen molar-refractivity contribution in [2.75, 3.05) is 0 Å². The van der Waals surface area contributed by atoms with E-state index in [4.69, 9.17) is 0 Å². The van der Waals surface area contributed by atoms with Gasteiger partial charge in [0.15, 0.2) is 0 Å². The van der Waals surface area contributed by atoms with Crippen LogP contribution in [-0.4, -0.2) is 10.9 Å². The summed E-state index contributed by atoms with van der Waals surface area (Å²) < 4.78 is 0. The van der Waals surface area contributed by atoms with Gasteiger partial charge in [-0.25, -0.2) is 0 Å². The lowest BCUT2D eigenvalue weighted by molar-refractivity contribution is -0.116. The van der Waals surface area contributed by atoms with Crippen LogP contribution in [0.3, 0.4) is 0 Å². The van der Waals surface area contributed by atoms with Gasteiger partial charge < -0.3 is 5.11 Å². The molecule has 0 spiro atoms. The van der Waals surface area contributed by atoms with Crippen molar-refractivity contribution in [1.82, 2.24) is 0 Å². The molecule has 0 aliphatic rings. The molecule has 0 saturated carbocycles. The van der Waals surface area contributed by atoms with Gasteiger partial charge in [-0.1, -0.05) is 37.9 Å². The lowest BCUT2D eigenvalue weighted by Gasteiger charge is -2.08.